The van der Waals surface area contributed by atoms with Crippen LogP contribution < -0.4 is 0 Å². The van der Waals surface area contributed by atoms with Crippen molar-refractivity contribution in [2.75, 3.05) is 0 Å². The topological polar surface area (TPSA) is 37.3 Å². The average Bonchev–Trinajstić information content (AvgIpc) is 1.97. The van der Waals surface area contributed by atoms with Crippen molar-refractivity contribution in [3.8, 4) is 0 Å². The number of hydrogen-bond acceptors (Lipinski definition) is 1. The highest BCUT2D eigenvalue weighted by molar-refractivity contribution is 5.66. The summed E-state index contributed by atoms with van der Waals surface area (Å²) in [5.74, 6) is 0.0814. The van der Waals surface area contributed by atoms with Gasteiger partial charge in [-0.15, -0.1) is 0 Å². The summed E-state index contributed by atoms with van der Waals surface area (Å²) < 4.78 is 0. The van der Waals surface area contributed by atoms with Gasteiger partial charge in [-0.1, -0.05) is 33.1 Å². The van der Waals surface area contributed by atoms with Gasteiger partial charge in [0, 0.05) is 6.42 Å². The first kappa shape index (κ1) is 10.5. The minimum atomic E-state index is -0.672. The Balaban J connectivity index is 3.08. The third-order valence-electron chi connectivity index (χ3n) is 2.03. The van der Waals surface area contributed by atoms with Crippen molar-refractivity contribution in [1.82, 2.24) is 0 Å². The Morgan fingerprint density at radius 2 is 2.09 bits per heavy atom. The molecular formula is C9H18O2. The number of carboxylic acids is 1. The molecule has 0 aromatic carbocycles. The first-order valence-electron chi connectivity index (χ1n) is 4.38. The van der Waals surface area contributed by atoms with Crippen LogP contribution in [-0.4, -0.2) is 11.1 Å². The first-order chi connectivity index (χ1) is 5.16. The van der Waals surface area contributed by atoms with E-state index in [1.807, 2.05) is 0 Å². The summed E-state index contributed by atoms with van der Waals surface area (Å²) in [6.45, 7) is 4.38. The molecule has 2 nitrogen and oxygen atoms in total. The maximum absolute atomic E-state index is 10.1. The van der Waals surface area contributed by atoms with Crippen LogP contribution in [0, 0.1) is 5.92 Å². The molecule has 0 aromatic rings. The second kappa shape index (κ2) is 6.20. The molecule has 0 aliphatic heterocycles. The summed E-state index contributed by atoms with van der Waals surface area (Å²) in [6, 6.07) is 0. The number of rotatable bonds is 6. The highest BCUT2D eigenvalue weighted by atomic mass is 16.4. The Morgan fingerprint density at radius 3 is 2.55 bits per heavy atom. The molecule has 0 aliphatic rings. The van der Waals surface area contributed by atoms with Crippen LogP contribution >= 0.6 is 0 Å². The number of carbonyl (C=O) groups is 1. The van der Waals surface area contributed by atoms with Crippen molar-refractivity contribution in [3.05, 3.63) is 0 Å². The SMILES string of the molecule is CC[C@H](C)CCCCC(=O)O. The van der Waals surface area contributed by atoms with E-state index >= 15 is 0 Å². The molecule has 0 heterocycles. The Hall–Kier alpha value is -0.530. The fraction of sp³-hybridized carbons (Fsp3) is 0.889. The van der Waals surface area contributed by atoms with Gasteiger partial charge in [-0.2, -0.15) is 0 Å². The van der Waals surface area contributed by atoms with Crippen molar-refractivity contribution in [2.45, 2.75) is 46.0 Å². The first-order valence-corrected chi connectivity index (χ1v) is 4.38. The van der Waals surface area contributed by atoms with Gasteiger partial charge in [0.1, 0.15) is 0 Å². The molecule has 0 saturated heterocycles. The van der Waals surface area contributed by atoms with E-state index in [0.717, 1.165) is 18.8 Å². The number of hydrogen-bond donors (Lipinski definition) is 1. The fourth-order valence-corrected chi connectivity index (χ4v) is 0.973. The maximum Gasteiger partial charge on any atom is 0.303 e. The van der Waals surface area contributed by atoms with Gasteiger partial charge < -0.3 is 5.11 Å². The molecule has 0 radical (unpaired) electrons. The molecule has 1 atom stereocenters. The average molecular weight is 158 g/mol. The van der Waals surface area contributed by atoms with E-state index in [0.29, 0.717) is 6.42 Å². The smallest absolute Gasteiger partial charge is 0.303 e. The normalized spacial score (nSPS) is 12.9. The second-order valence-corrected chi connectivity index (χ2v) is 3.15. The zero-order valence-electron chi connectivity index (χ0n) is 7.47. The molecule has 0 bridgehead atoms. The van der Waals surface area contributed by atoms with Gasteiger partial charge in [0.05, 0.1) is 0 Å². The van der Waals surface area contributed by atoms with Crippen LogP contribution in [0.4, 0.5) is 0 Å². The lowest BCUT2D eigenvalue weighted by molar-refractivity contribution is -0.137. The molecule has 0 amide bonds. The highest BCUT2D eigenvalue weighted by Crippen LogP contribution is 2.11. The summed E-state index contributed by atoms with van der Waals surface area (Å²) in [4.78, 5) is 10.1. The number of carboxylic acid groups (broad SMARTS) is 1. The molecule has 0 rings (SSSR count). The Morgan fingerprint density at radius 1 is 1.45 bits per heavy atom. The van der Waals surface area contributed by atoms with Gasteiger partial charge in [0.25, 0.3) is 0 Å². The van der Waals surface area contributed by atoms with Crippen LogP contribution in [-0.2, 0) is 4.79 Å². The molecule has 0 unspecified atom stereocenters. The lowest BCUT2D eigenvalue weighted by atomic mass is 10.0. The molecule has 0 spiro atoms. The lowest BCUT2D eigenvalue weighted by Crippen LogP contribution is -1.96. The molecule has 0 aromatic heterocycles. The highest BCUT2D eigenvalue weighted by Gasteiger charge is 2.00. The van der Waals surface area contributed by atoms with Crippen LogP contribution in [0.1, 0.15) is 46.0 Å². The van der Waals surface area contributed by atoms with Gasteiger partial charge in [0.15, 0.2) is 0 Å². The van der Waals surface area contributed by atoms with Crippen LogP contribution in [0.25, 0.3) is 0 Å². The van der Waals surface area contributed by atoms with Crippen LogP contribution in [0.15, 0.2) is 0 Å². The zero-order chi connectivity index (χ0) is 8.69. The van der Waals surface area contributed by atoms with E-state index in [1.165, 1.54) is 12.8 Å². The van der Waals surface area contributed by atoms with Gasteiger partial charge in [-0.3, -0.25) is 4.79 Å². The summed E-state index contributed by atoms with van der Waals surface area (Å²) in [5, 5.41) is 8.34. The quantitative estimate of drug-likeness (QED) is 0.603. The van der Waals surface area contributed by atoms with Crippen molar-refractivity contribution >= 4 is 5.97 Å². The van der Waals surface area contributed by atoms with Crippen molar-refractivity contribution < 1.29 is 9.90 Å². The van der Waals surface area contributed by atoms with E-state index < -0.39 is 5.97 Å². The Bertz CT molecular complexity index is 110. The van der Waals surface area contributed by atoms with Crippen molar-refractivity contribution in [1.29, 1.82) is 0 Å². The predicted molar refractivity (Wildman–Crippen MR) is 45.6 cm³/mol. The molecule has 0 saturated carbocycles. The Labute approximate surface area is 68.6 Å². The second-order valence-electron chi connectivity index (χ2n) is 3.15. The van der Waals surface area contributed by atoms with Crippen LogP contribution in [0.5, 0.6) is 0 Å². The molecular weight excluding hydrogens is 140 g/mol. The summed E-state index contributed by atoms with van der Waals surface area (Å²) in [7, 11) is 0. The molecule has 11 heavy (non-hydrogen) atoms. The summed E-state index contributed by atoms with van der Waals surface area (Å²) in [6.07, 6.45) is 4.59. The van der Waals surface area contributed by atoms with Gasteiger partial charge in [0.2, 0.25) is 0 Å². The monoisotopic (exact) mass is 158 g/mol. The Kier molecular flexibility index (Phi) is 5.90. The summed E-state index contributed by atoms with van der Waals surface area (Å²) in [5.41, 5.74) is 0. The number of aliphatic carboxylic acids is 1. The van der Waals surface area contributed by atoms with Gasteiger partial charge in [-0.05, 0) is 12.3 Å². The van der Waals surface area contributed by atoms with Crippen molar-refractivity contribution in [3.63, 3.8) is 0 Å². The largest absolute Gasteiger partial charge is 0.481 e. The third kappa shape index (κ3) is 7.37. The molecule has 0 fully saturated rings. The minimum Gasteiger partial charge on any atom is -0.481 e. The predicted octanol–water partition coefficient (Wildman–Crippen LogP) is 2.68. The third-order valence-corrected chi connectivity index (χ3v) is 2.03. The molecule has 1 N–H and O–H groups in total. The van der Waals surface area contributed by atoms with Gasteiger partial charge in [-0.25, -0.2) is 0 Å². The summed E-state index contributed by atoms with van der Waals surface area (Å²) >= 11 is 0. The van der Waals surface area contributed by atoms with Crippen molar-refractivity contribution in [2.24, 2.45) is 5.92 Å². The van der Waals surface area contributed by atoms with Crippen LogP contribution in [0.2, 0.25) is 0 Å². The standard InChI is InChI=1S/C9H18O2/c1-3-8(2)6-4-5-7-9(10)11/h8H,3-7H2,1-2H3,(H,10,11)/t8-/m0/s1. The maximum atomic E-state index is 10.1. The van der Waals surface area contributed by atoms with E-state index in [4.69, 9.17) is 5.11 Å². The minimum absolute atomic E-state index is 0.330. The molecule has 0 aliphatic carbocycles. The van der Waals surface area contributed by atoms with E-state index in [2.05, 4.69) is 13.8 Å². The van der Waals surface area contributed by atoms with E-state index in [9.17, 15) is 4.79 Å². The number of unbranched alkanes of at least 4 members (excludes halogenated alkanes) is 1. The van der Waals surface area contributed by atoms with Gasteiger partial charge >= 0.3 is 5.97 Å². The molecule has 2 heteroatoms. The lowest BCUT2D eigenvalue weighted by Gasteiger charge is -2.05. The molecule has 66 valence electrons. The fourth-order valence-electron chi connectivity index (χ4n) is 0.973. The zero-order valence-corrected chi connectivity index (χ0v) is 7.47. The van der Waals surface area contributed by atoms with Crippen LogP contribution in [0.3, 0.4) is 0 Å². The van der Waals surface area contributed by atoms with E-state index in [-0.39, 0.29) is 0 Å². The van der Waals surface area contributed by atoms with E-state index in [1.54, 1.807) is 0 Å².